The second-order valence-electron chi connectivity index (χ2n) is 9.43. The summed E-state index contributed by atoms with van der Waals surface area (Å²) in [5, 5.41) is 10.4. The van der Waals surface area contributed by atoms with Crippen molar-refractivity contribution in [2.45, 2.75) is 12.6 Å². The lowest BCUT2D eigenvalue weighted by molar-refractivity contribution is -0.137. The highest BCUT2D eigenvalue weighted by Gasteiger charge is 2.30. The number of hydrogen-bond acceptors (Lipinski definition) is 6. The molecular weight excluding hydrogens is 535 g/mol. The van der Waals surface area contributed by atoms with Gasteiger partial charge in [-0.3, -0.25) is 9.78 Å². The Labute approximate surface area is 234 Å². The average molecular weight is 564 g/mol. The van der Waals surface area contributed by atoms with Gasteiger partial charge in [-0.1, -0.05) is 24.3 Å². The van der Waals surface area contributed by atoms with Gasteiger partial charge in [-0.05, 0) is 48.5 Å². The molecule has 2 amide bonds. The topological polar surface area (TPSA) is 95.4 Å². The molecule has 41 heavy (non-hydrogen) atoms. The molecule has 1 saturated heterocycles. The van der Waals surface area contributed by atoms with Crippen molar-refractivity contribution in [1.29, 1.82) is 0 Å². The number of aromatic nitrogens is 3. The highest BCUT2D eigenvalue weighted by Crippen LogP contribution is 2.30. The van der Waals surface area contributed by atoms with E-state index in [0.717, 1.165) is 17.8 Å². The van der Waals surface area contributed by atoms with Crippen molar-refractivity contribution in [3.8, 4) is 5.69 Å². The molecule has 1 aliphatic heterocycles. The van der Waals surface area contributed by atoms with Crippen molar-refractivity contribution in [3.63, 3.8) is 0 Å². The number of para-hydroxylation sites is 1. The van der Waals surface area contributed by atoms with Crippen LogP contribution in [0.4, 0.5) is 35.0 Å². The summed E-state index contributed by atoms with van der Waals surface area (Å²) in [5.74, 6) is 0. The fraction of sp³-hybridized carbons (Fsp3) is 0.241. The van der Waals surface area contributed by atoms with E-state index in [1.807, 2.05) is 41.3 Å². The van der Waals surface area contributed by atoms with Gasteiger partial charge in [0.05, 0.1) is 23.1 Å². The molecule has 2 N–H and O–H groups in total. The summed E-state index contributed by atoms with van der Waals surface area (Å²) >= 11 is 0. The van der Waals surface area contributed by atoms with Gasteiger partial charge in [-0.15, -0.1) is 0 Å². The van der Waals surface area contributed by atoms with Gasteiger partial charge in [-0.25, -0.2) is 4.79 Å². The van der Waals surface area contributed by atoms with Gasteiger partial charge >= 0.3 is 12.2 Å². The molecule has 0 atom stereocenters. The van der Waals surface area contributed by atoms with Crippen LogP contribution in [0.15, 0.2) is 90.0 Å². The molecule has 2 aromatic heterocycles. The van der Waals surface area contributed by atoms with E-state index >= 15 is 0 Å². The average Bonchev–Trinajstić information content (AvgIpc) is 2.99. The first-order chi connectivity index (χ1) is 19.8. The van der Waals surface area contributed by atoms with Crippen LogP contribution >= 0.6 is 0 Å². The number of benzene rings is 2. The maximum Gasteiger partial charge on any atom is 0.416 e. The molecule has 12 heteroatoms. The van der Waals surface area contributed by atoms with E-state index in [2.05, 4.69) is 20.7 Å². The SMILES string of the molecule is O=C(Nc1ccc(C(F)(F)F)cc1)N1CCN(c2cnn(-c3ccccc3)c(=O)c2NCCc2ccccn2)CC1. The number of alkyl halides is 3. The van der Waals surface area contributed by atoms with Crippen molar-refractivity contribution in [3.05, 3.63) is 107 Å². The monoisotopic (exact) mass is 563 g/mol. The Hall–Kier alpha value is -4.87. The van der Waals surface area contributed by atoms with Gasteiger partial charge in [0.2, 0.25) is 0 Å². The number of hydrogen-bond donors (Lipinski definition) is 2. The number of anilines is 3. The van der Waals surface area contributed by atoms with Gasteiger partial charge in [0, 0.05) is 56.7 Å². The summed E-state index contributed by atoms with van der Waals surface area (Å²) in [6, 6.07) is 18.7. The number of pyridine rings is 1. The molecule has 2 aromatic carbocycles. The van der Waals surface area contributed by atoms with Gasteiger partial charge in [0.15, 0.2) is 0 Å². The second-order valence-corrected chi connectivity index (χ2v) is 9.43. The first-order valence-electron chi connectivity index (χ1n) is 13.1. The summed E-state index contributed by atoms with van der Waals surface area (Å²) < 4.78 is 39.8. The summed E-state index contributed by atoms with van der Waals surface area (Å²) in [5.41, 5.74) is 1.77. The van der Waals surface area contributed by atoms with Crippen molar-refractivity contribution >= 4 is 23.1 Å². The van der Waals surface area contributed by atoms with Crippen LogP contribution in [0.1, 0.15) is 11.3 Å². The molecule has 4 aromatic rings. The summed E-state index contributed by atoms with van der Waals surface area (Å²) in [7, 11) is 0. The first-order valence-corrected chi connectivity index (χ1v) is 13.1. The molecule has 0 spiro atoms. The molecule has 9 nitrogen and oxygen atoms in total. The predicted molar refractivity (Wildman–Crippen MR) is 151 cm³/mol. The van der Waals surface area contributed by atoms with E-state index in [9.17, 15) is 22.8 Å². The number of halogens is 3. The highest BCUT2D eigenvalue weighted by molar-refractivity contribution is 5.89. The fourth-order valence-corrected chi connectivity index (χ4v) is 4.56. The lowest BCUT2D eigenvalue weighted by Crippen LogP contribution is -2.50. The normalized spacial score (nSPS) is 13.6. The maximum atomic E-state index is 13.6. The Bertz CT molecular complexity index is 1520. The van der Waals surface area contributed by atoms with Crippen LogP contribution in [-0.2, 0) is 12.6 Å². The Morgan fingerprint density at radius 3 is 2.27 bits per heavy atom. The molecule has 0 aliphatic carbocycles. The maximum absolute atomic E-state index is 13.6. The molecule has 5 rings (SSSR count). The van der Waals surface area contributed by atoms with Crippen LogP contribution in [0.5, 0.6) is 0 Å². The lowest BCUT2D eigenvalue weighted by atomic mass is 10.2. The van der Waals surface area contributed by atoms with Gasteiger partial charge in [-0.2, -0.15) is 23.0 Å². The van der Waals surface area contributed by atoms with Crippen molar-refractivity contribution in [2.24, 2.45) is 0 Å². The summed E-state index contributed by atoms with van der Waals surface area (Å²) in [6.07, 6.45) is -0.453. The quantitative estimate of drug-likeness (QED) is 0.340. The molecule has 0 unspecified atom stereocenters. The molecule has 1 fully saturated rings. The van der Waals surface area contributed by atoms with Crippen LogP contribution in [-0.4, -0.2) is 58.4 Å². The first kappa shape index (κ1) is 27.7. The molecule has 212 valence electrons. The van der Waals surface area contributed by atoms with Gasteiger partial charge in [0.25, 0.3) is 5.56 Å². The number of carbonyl (C=O) groups is 1. The third-order valence-electron chi connectivity index (χ3n) is 6.74. The number of urea groups is 1. The van der Waals surface area contributed by atoms with E-state index < -0.39 is 17.8 Å². The number of piperazine rings is 1. The minimum atomic E-state index is -4.44. The molecular formula is C29H28F3N7O2. The Morgan fingerprint density at radius 1 is 0.902 bits per heavy atom. The Balaban J connectivity index is 1.28. The zero-order chi connectivity index (χ0) is 28.8. The van der Waals surface area contributed by atoms with Crippen molar-refractivity contribution in [2.75, 3.05) is 48.3 Å². The van der Waals surface area contributed by atoms with E-state index in [1.54, 1.807) is 29.4 Å². The predicted octanol–water partition coefficient (Wildman–Crippen LogP) is 4.66. The standard InChI is InChI=1S/C29H28F3N7O2/c30-29(31,32)21-9-11-23(12-10-21)36-28(41)38-18-16-37(17-19-38)25-20-35-39(24-7-2-1-3-8-24)27(40)26(25)34-15-13-22-6-4-5-14-33-22/h1-12,14,20,34H,13,15-19H2,(H,36,41). The molecule has 1 aliphatic rings. The number of amides is 2. The third-order valence-corrected chi connectivity index (χ3v) is 6.74. The smallest absolute Gasteiger partial charge is 0.378 e. The van der Waals surface area contributed by atoms with E-state index in [4.69, 9.17) is 0 Å². The molecule has 0 saturated carbocycles. The summed E-state index contributed by atoms with van der Waals surface area (Å²) in [6.45, 7) is 2.05. The molecule has 3 heterocycles. The Morgan fingerprint density at radius 2 is 1.61 bits per heavy atom. The number of nitrogens with one attached hydrogen (secondary N) is 2. The highest BCUT2D eigenvalue weighted by atomic mass is 19.4. The van der Waals surface area contributed by atoms with Crippen molar-refractivity contribution < 1.29 is 18.0 Å². The lowest BCUT2D eigenvalue weighted by Gasteiger charge is -2.36. The zero-order valence-electron chi connectivity index (χ0n) is 22.0. The van der Waals surface area contributed by atoms with Crippen LogP contribution in [0.2, 0.25) is 0 Å². The van der Waals surface area contributed by atoms with E-state index in [1.165, 1.54) is 16.8 Å². The van der Waals surface area contributed by atoms with E-state index in [-0.39, 0.29) is 11.2 Å². The van der Waals surface area contributed by atoms with Crippen LogP contribution in [0.25, 0.3) is 5.69 Å². The number of nitrogens with zero attached hydrogens (tertiary/aromatic N) is 5. The zero-order valence-corrected chi connectivity index (χ0v) is 22.0. The molecule has 0 radical (unpaired) electrons. The second kappa shape index (κ2) is 12.1. The largest absolute Gasteiger partial charge is 0.416 e. The summed E-state index contributed by atoms with van der Waals surface area (Å²) in [4.78, 5) is 34.3. The fourth-order valence-electron chi connectivity index (χ4n) is 4.56. The minimum Gasteiger partial charge on any atom is -0.378 e. The van der Waals surface area contributed by atoms with Gasteiger partial charge < -0.3 is 20.4 Å². The third kappa shape index (κ3) is 6.65. The van der Waals surface area contributed by atoms with Crippen LogP contribution in [0, 0.1) is 0 Å². The van der Waals surface area contributed by atoms with Crippen molar-refractivity contribution in [1.82, 2.24) is 19.7 Å². The number of carbonyl (C=O) groups excluding carboxylic acids is 1. The number of rotatable bonds is 7. The Kier molecular flexibility index (Phi) is 8.18. The van der Waals surface area contributed by atoms with Crippen LogP contribution < -0.4 is 21.1 Å². The van der Waals surface area contributed by atoms with Crippen LogP contribution in [0.3, 0.4) is 0 Å². The van der Waals surface area contributed by atoms with E-state index in [0.29, 0.717) is 56.2 Å². The minimum absolute atomic E-state index is 0.276. The molecule has 0 bridgehead atoms. The van der Waals surface area contributed by atoms with Gasteiger partial charge in [0.1, 0.15) is 5.69 Å².